The quantitative estimate of drug-likeness (QED) is 0.778. The molecular formula is C17H15BrFNO3. The summed E-state index contributed by atoms with van der Waals surface area (Å²) in [7, 11) is 0. The minimum absolute atomic E-state index is 0.135. The first-order valence-electron chi connectivity index (χ1n) is 6.98. The van der Waals surface area contributed by atoms with Crippen molar-refractivity contribution >= 4 is 33.5 Å². The molecule has 4 nitrogen and oxygen atoms in total. The summed E-state index contributed by atoms with van der Waals surface area (Å²) in [5, 5.41) is 2.63. The number of aryl methyl sites for hydroxylation is 1. The zero-order chi connectivity index (χ0) is 16.7. The van der Waals surface area contributed by atoms with Crippen LogP contribution in [-0.2, 0) is 20.7 Å². The second kappa shape index (κ2) is 8.43. The van der Waals surface area contributed by atoms with Gasteiger partial charge in [0.25, 0.3) is 5.91 Å². The number of halogens is 2. The molecule has 0 aliphatic rings. The largest absolute Gasteiger partial charge is 0.456 e. The molecule has 0 fully saturated rings. The van der Waals surface area contributed by atoms with Crippen molar-refractivity contribution in [3.05, 3.63) is 64.4 Å². The predicted molar refractivity (Wildman–Crippen MR) is 88.5 cm³/mol. The molecule has 1 N–H and O–H groups in total. The number of amides is 1. The third-order valence-electron chi connectivity index (χ3n) is 3.00. The maximum absolute atomic E-state index is 12.8. The normalized spacial score (nSPS) is 10.2. The van der Waals surface area contributed by atoms with Crippen LogP contribution >= 0.6 is 15.9 Å². The molecule has 0 bridgehead atoms. The molecule has 0 unspecified atom stereocenters. The average Bonchev–Trinajstić information content (AvgIpc) is 2.52. The van der Waals surface area contributed by atoms with Crippen molar-refractivity contribution in [1.29, 1.82) is 0 Å². The SMILES string of the molecule is O=C(COC(=O)CCc1ccc(F)cc1)Nc1cccc(Br)c1. The van der Waals surface area contributed by atoms with Crippen LogP contribution in [0.25, 0.3) is 0 Å². The van der Waals surface area contributed by atoms with Crippen molar-refractivity contribution in [3.8, 4) is 0 Å². The summed E-state index contributed by atoms with van der Waals surface area (Å²) in [5.41, 5.74) is 1.45. The van der Waals surface area contributed by atoms with E-state index in [1.807, 2.05) is 6.07 Å². The van der Waals surface area contributed by atoms with Gasteiger partial charge in [-0.05, 0) is 42.3 Å². The molecule has 1 amide bonds. The maximum Gasteiger partial charge on any atom is 0.306 e. The molecule has 0 saturated carbocycles. The monoisotopic (exact) mass is 379 g/mol. The average molecular weight is 380 g/mol. The Morgan fingerprint density at radius 3 is 2.57 bits per heavy atom. The molecule has 0 heterocycles. The van der Waals surface area contributed by atoms with Gasteiger partial charge >= 0.3 is 5.97 Å². The van der Waals surface area contributed by atoms with Crippen LogP contribution in [0.2, 0.25) is 0 Å². The van der Waals surface area contributed by atoms with E-state index in [2.05, 4.69) is 21.2 Å². The third-order valence-corrected chi connectivity index (χ3v) is 3.50. The molecule has 2 rings (SSSR count). The first-order chi connectivity index (χ1) is 11.0. The summed E-state index contributed by atoms with van der Waals surface area (Å²) in [6.45, 7) is -0.339. The van der Waals surface area contributed by atoms with Crippen molar-refractivity contribution in [3.63, 3.8) is 0 Å². The molecule has 23 heavy (non-hydrogen) atoms. The van der Waals surface area contributed by atoms with Crippen LogP contribution < -0.4 is 5.32 Å². The van der Waals surface area contributed by atoms with Gasteiger partial charge in [-0.15, -0.1) is 0 Å². The van der Waals surface area contributed by atoms with Crippen LogP contribution in [0.1, 0.15) is 12.0 Å². The Bertz CT molecular complexity index is 688. The molecule has 0 aliphatic heterocycles. The standard InChI is InChI=1S/C17H15BrFNO3/c18-13-2-1-3-15(10-13)20-16(21)11-23-17(22)9-6-12-4-7-14(19)8-5-12/h1-5,7-8,10H,6,9,11H2,(H,20,21). The lowest BCUT2D eigenvalue weighted by Crippen LogP contribution is -2.21. The summed E-state index contributed by atoms with van der Waals surface area (Å²) < 4.78 is 18.5. The fraction of sp³-hybridized carbons (Fsp3) is 0.176. The van der Waals surface area contributed by atoms with E-state index in [9.17, 15) is 14.0 Å². The van der Waals surface area contributed by atoms with Gasteiger partial charge in [-0.1, -0.05) is 34.1 Å². The number of carbonyl (C=O) groups is 2. The van der Waals surface area contributed by atoms with Crippen LogP contribution in [0.15, 0.2) is 53.0 Å². The van der Waals surface area contributed by atoms with Crippen LogP contribution in [-0.4, -0.2) is 18.5 Å². The van der Waals surface area contributed by atoms with Gasteiger partial charge in [-0.3, -0.25) is 9.59 Å². The predicted octanol–water partition coefficient (Wildman–Crippen LogP) is 3.70. The van der Waals surface area contributed by atoms with E-state index in [0.717, 1.165) is 10.0 Å². The number of anilines is 1. The zero-order valence-electron chi connectivity index (χ0n) is 12.2. The van der Waals surface area contributed by atoms with E-state index < -0.39 is 11.9 Å². The number of esters is 1. The molecule has 0 spiro atoms. The molecule has 0 aromatic heterocycles. The Morgan fingerprint density at radius 1 is 1.13 bits per heavy atom. The molecule has 2 aromatic rings. The number of benzene rings is 2. The minimum Gasteiger partial charge on any atom is -0.456 e. The summed E-state index contributed by atoms with van der Waals surface area (Å²) in [4.78, 5) is 23.3. The number of ether oxygens (including phenoxy) is 1. The van der Waals surface area contributed by atoms with Gasteiger partial charge in [-0.2, -0.15) is 0 Å². The highest BCUT2D eigenvalue weighted by Gasteiger charge is 2.08. The van der Waals surface area contributed by atoms with Crippen molar-refractivity contribution < 1.29 is 18.7 Å². The fourth-order valence-electron chi connectivity index (χ4n) is 1.88. The van der Waals surface area contributed by atoms with Crippen LogP contribution in [0.4, 0.5) is 10.1 Å². The van der Waals surface area contributed by atoms with Gasteiger partial charge in [0.1, 0.15) is 5.82 Å². The van der Waals surface area contributed by atoms with Crippen molar-refractivity contribution in [1.82, 2.24) is 0 Å². The molecule has 0 radical (unpaired) electrons. The van der Waals surface area contributed by atoms with Crippen molar-refractivity contribution in [2.45, 2.75) is 12.8 Å². The highest BCUT2D eigenvalue weighted by Crippen LogP contribution is 2.15. The highest BCUT2D eigenvalue weighted by atomic mass is 79.9. The lowest BCUT2D eigenvalue weighted by molar-refractivity contribution is -0.147. The Kier molecular flexibility index (Phi) is 6.29. The van der Waals surface area contributed by atoms with Gasteiger partial charge in [-0.25, -0.2) is 4.39 Å². The summed E-state index contributed by atoms with van der Waals surface area (Å²) in [6, 6.07) is 13.0. The minimum atomic E-state index is -0.473. The topological polar surface area (TPSA) is 55.4 Å². The number of rotatable bonds is 6. The Morgan fingerprint density at radius 2 is 1.87 bits per heavy atom. The lowest BCUT2D eigenvalue weighted by atomic mass is 10.1. The summed E-state index contributed by atoms with van der Waals surface area (Å²) in [6.07, 6.45) is 0.572. The highest BCUT2D eigenvalue weighted by molar-refractivity contribution is 9.10. The first-order valence-corrected chi connectivity index (χ1v) is 7.78. The van der Waals surface area contributed by atoms with Gasteiger partial charge in [0.05, 0.1) is 0 Å². The molecule has 120 valence electrons. The Balaban J connectivity index is 1.71. The smallest absolute Gasteiger partial charge is 0.306 e. The lowest BCUT2D eigenvalue weighted by Gasteiger charge is -2.07. The van der Waals surface area contributed by atoms with E-state index in [1.54, 1.807) is 30.3 Å². The summed E-state index contributed by atoms with van der Waals surface area (Å²) >= 11 is 3.30. The van der Waals surface area contributed by atoms with Crippen LogP contribution in [0.5, 0.6) is 0 Å². The molecule has 0 saturated heterocycles. The number of hydrogen-bond donors (Lipinski definition) is 1. The Hall–Kier alpha value is -2.21. The fourth-order valence-corrected chi connectivity index (χ4v) is 2.28. The third kappa shape index (κ3) is 6.20. The van der Waals surface area contributed by atoms with E-state index in [0.29, 0.717) is 12.1 Å². The van der Waals surface area contributed by atoms with Gasteiger partial charge < -0.3 is 10.1 Å². The number of nitrogens with one attached hydrogen (secondary N) is 1. The molecule has 6 heteroatoms. The molecule has 0 atom stereocenters. The Labute approximate surface area is 141 Å². The molecule has 0 aliphatic carbocycles. The second-order valence-corrected chi connectivity index (χ2v) is 5.76. The van der Waals surface area contributed by atoms with E-state index >= 15 is 0 Å². The summed E-state index contributed by atoms with van der Waals surface area (Å²) in [5.74, 6) is -1.20. The van der Waals surface area contributed by atoms with E-state index in [1.165, 1.54) is 12.1 Å². The van der Waals surface area contributed by atoms with Crippen molar-refractivity contribution in [2.75, 3.05) is 11.9 Å². The van der Waals surface area contributed by atoms with Crippen molar-refractivity contribution in [2.24, 2.45) is 0 Å². The number of hydrogen-bond acceptors (Lipinski definition) is 3. The van der Waals surface area contributed by atoms with Gasteiger partial charge in [0, 0.05) is 16.6 Å². The molecular weight excluding hydrogens is 365 g/mol. The second-order valence-electron chi connectivity index (χ2n) is 4.85. The maximum atomic E-state index is 12.8. The molecule has 2 aromatic carbocycles. The van der Waals surface area contributed by atoms with Gasteiger partial charge in [0.2, 0.25) is 0 Å². The van der Waals surface area contributed by atoms with Crippen LogP contribution in [0, 0.1) is 5.82 Å². The zero-order valence-corrected chi connectivity index (χ0v) is 13.8. The number of carbonyl (C=O) groups excluding carboxylic acids is 2. The van der Waals surface area contributed by atoms with E-state index in [-0.39, 0.29) is 18.8 Å². The van der Waals surface area contributed by atoms with Gasteiger partial charge in [0.15, 0.2) is 6.61 Å². The van der Waals surface area contributed by atoms with E-state index in [4.69, 9.17) is 4.74 Å². The van der Waals surface area contributed by atoms with Crippen LogP contribution in [0.3, 0.4) is 0 Å². The first kappa shape index (κ1) is 17.1.